The van der Waals surface area contributed by atoms with Gasteiger partial charge in [-0.3, -0.25) is 4.79 Å². The molecule has 0 radical (unpaired) electrons. The highest BCUT2D eigenvalue weighted by Crippen LogP contribution is 2.25. The molecule has 1 aromatic carbocycles. The van der Waals surface area contributed by atoms with Gasteiger partial charge >= 0.3 is 0 Å². The molecule has 0 aliphatic carbocycles. The molecule has 1 aromatic rings. The number of benzene rings is 1. The molecule has 7 heteroatoms. The lowest BCUT2D eigenvalue weighted by Gasteiger charge is -2.31. The molecule has 20 heavy (non-hydrogen) atoms. The van der Waals surface area contributed by atoms with Gasteiger partial charge < -0.3 is 4.90 Å². The average molecular weight is 300 g/mol. The fraction of sp³-hybridized carbons (Fsp3) is 0.462. The second-order valence-electron chi connectivity index (χ2n) is 5.02. The number of nitrogens with zero attached hydrogens (tertiary/aromatic N) is 2. The minimum absolute atomic E-state index is 0.0938. The average Bonchev–Trinajstić information content (AvgIpc) is 2.30. The van der Waals surface area contributed by atoms with Crippen LogP contribution in [0.25, 0.3) is 0 Å². The predicted octanol–water partition coefficient (Wildman–Crippen LogP) is 0.905. The summed E-state index contributed by atoms with van der Waals surface area (Å²) >= 11 is 0. The quantitative estimate of drug-likeness (QED) is 0.815. The fourth-order valence-electron chi connectivity index (χ4n) is 2.38. The van der Waals surface area contributed by atoms with Crippen LogP contribution in [0.5, 0.6) is 0 Å². The van der Waals surface area contributed by atoms with Crippen molar-refractivity contribution in [3.05, 3.63) is 29.1 Å². The molecule has 0 bridgehead atoms. The largest absolute Gasteiger partial charge is 0.343 e. The molecule has 110 valence electrons. The first-order chi connectivity index (χ1) is 9.23. The smallest absolute Gasteiger partial charge is 0.244 e. The highest BCUT2D eigenvalue weighted by molar-refractivity contribution is 7.89. The van der Waals surface area contributed by atoms with Crippen molar-refractivity contribution in [3.8, 4) is 0 Å². The summed E-state index contributed by atoms with van der Waals surface area (Å²) in [5, 5.41) is 0. The molecule has 2 rings (SSSR count). The van der Waals surface area contributed by atoms with Gasteiger partial charge in [0.2, 0.25) is 15.9 Å². The number of hydrogen-bond acceptors (Lipinski definition) is 3. The van der Waals surface area contributed by atoms with Crippen molar-refractivity contribution >= 4 is 15.9 Å². The third-order valence-electron chi connectivity index (χ3n) is 3.45. The third kappa shape index (κ3) is 2.55. The minimum Gasteiger partial charge on any atom is -0.343 e. The van der Waals surface area contributed by atoms with E-state index in [1.807, 2.05) is 0 Å². The summed E-state index contributed by atoms with van der Waals surface area (Å²) in [7, 11) is -2.14. The van der Waals surface area contributed by atoms with E-state index >= 15 is 0 Å². The molecule has 0 N–H and O–H groups in total. The summed E-state index contributed by atoms with van der Waals surface area (Å²) in [6, 6.07) is 2.38. The van der Waals surface area contributed by atoms with E-state index in [-0.39, 0.29) is 23.9 Å². The van der Waals surface area contributed by atoms with Crippen molar-refractivity contribution < 1.29 is 17.6 Å². The molecule has 1 amide bonds. The second kappa shape index (κ2) is 5.14. The monoisotopic (exact) mass is 300 g/mol. The highest BCUT2D eigenvalue weighted by atomic mass is 32.2. The first-order valence-corrected chi connectivity index (χ1v) is 7.68. The lowest BCUT2D eigenvalue weighted by molar-refractivity contribution is -0.132. The van der Waals surface area contributed by atoms with E-state index < -0.39 is 15.8 Å². The van der Waals surface area contributed by atoms with Crippen molar-refractivity contribution in [2.24, 2.45) is 0 Å². The van der Waals surface area contributed by atoms with Crippen LogP contribution in [0.4, 0.5) is 4.39 Å². The Labute approximate surface area is 118 Å². The van der Waals surface area contributed by atoms with Crippen LogP contribution in [0, 0.1) is 19.7 Å². The highest BCUT2D eigenvalue weighted by Gasteiger charge is 2.33. The molecule has 1 aliphatic heterocycles. The maximum absolute atomic E-state index is 13.3. The first kappa shape index (κ1) is 14.9. The van der Waals surface area contributed by atoms with Crippen molar-refractivity contribution in [2.75, 3.05) is 26.7 Å². The molecule has 5 nitrogen and oxygen atoms in total. The number of halogens is 1. The van der Waals surface area contributed by atoms with Gasteiger partial charge in [0.05, 0.1) is 11.4 Å². The Hall–Kier alpha value is -1.47. The van der Waals surface area contributed by atoms with E-state index in [9.17, 15) is 17.6 Å². The van der Waals surface area contributed by atoms with Gasteiger partial charge in [0.15, 0.2) is 0 Å². The zero-order chi connectivity index (χ0) is 15.1. The Bertz CT molecular complexity index is 635. The van der Waals surface area contributed by atoms with E-state index in [0.717, 1.165) is 4.31 Å². The normalized spacial score (nSPS) is 17.6. The van der Waals surface area contributed by atoms with Gasteiger partial charge in [-0.1, -0.05) is 0 Å². The van der Waals surface area contributed by atoms with Crippen molar-refractivity contribution in [1.82, 2.24) is 9.21 Å². The molecule has 0 saturated carbocycles. The number of sulfonamides is 1. The van der Waals surface area contributed by atoms with Gasteiger partial charge in [0, 0.05) is 20.1 Å². The van der Waals surface area contributed by atoms with Crippen LogP contribution in [-0.2, 0) is 14.8 Å². The summed E-state index contributed by atoms with van der Waals surface area (Å²) in [5.74, 6) is -0.703. The topological polar surface area (TPSA) is 57.7 Å². The Balaban J connectivity index is 2.44. The summed E-state index contributed by atoms with van der Waals surface area (Å²) in [6.07, 6.45) is 0. The number of rotatable bonds is 2. The van der Waals surface area contributed by atoms with Gasteiger partial charge in [-0.2, -0.15) is 4.31 Å². The van der Waals surface area contributed by atoms with Crippen LogP contribution in [0.2, 0.25) is 0 Å². The molecule has 0 unspecified atom stereocenters. The molecule has 0 spiro atoms. The van der Waals surface area contributed by atoms with Gasteiger partial charge in [-0.05, 0) is 37.1 Å². The van der Waals surface area contributed by atoms with Crippen LogP contribution in [-0.4, -0.2) is 50.2 Å². The Morgan fingerprint density at radius 2 is 1.70 bits per heavy atom. The molecule has 0 aromatic heterocycles. The second-order valence-corrected chi connectivity index (χ2v) is 6.90. The number of likely N-dealkylation sites (N-methyl/N-ethyl adjacent to an activating group) is 1. The molecular weight excluding hydrogens is 283 g/mol. The third-order valence-corrected chi connectivity index (χ3v) is 5.60. The number of piperazine rings is 1. The zero-order valence-corrected chi connectivity index (χ0v) is 12.5. The van der Waals surface area contributed by atoms with E-state index in [1.165, 1.54) is 17.0 Å². The number of aryl methyl sites for hydroxylation is 2. The van der Waals surface area contributed by atoms with Gasteiger partial charge in [-0.15, -0.1) is 0 Å². The predicted molar refractivity (Wildman–Crippen MR) is 72.3 cm³/mol. The lowest BCUT2D eigenvalue weighted by atomic mass is 10.1. The molecule has 1 fully saturated rings. The summed E-state index contributed by atoms with van der Waals surface area (Å²) < 4.78 is 39.7. The Kier molecular flexibility index (Phi) is 3.84. The summed E-state index contributed by atoms with van der Waals surface area (Å²) in [6.45, 7) is 3.55. The number of hydrogen-bond donors (Lipinski definition) is 0. The van der Waals surface area contributed by atoms with E-state index in [4.69, 9.17) is 0 Å². The van der Waals surface area contributed by atoms with E-state index in [1.54, 1.807) is 20.9 Å². The first-order valence-electron chi connectivity index (χ1n) is 6.24. The Morgan fingerprint density at radius 3 is 2.20 bits per heavy atom. The van der Waals surface area contributed by atoms with Crippen molar-refractivity contribution in [2.45, 2.75) is 18.7 Å². The van der Waals surface area contributed by atoms with Gasteiger partial charge in [0.25, 0.3) is 0 Å². The summed E-state index contributed by atoms with van der Waals surface area (Å²) in [5.41, 5.74) is 0.711. The lowest BCUT2D eigenvalue weighted by Crippen LogP contribution is -2.50. The molecule has 1 aliphatic rings. The minimum atomic E-state index is -3.78. The SMILES string of the molecule is Cc1cc(F)cc(C)c1S(=O)(=O)N1CCN(C)C(=O)C1. The maximum Gasteiger partial charge on any atom is 0.244 e. The molecule has 1 heterocycles. The molecule has 0 atom stereocenters. The van der Waals surface area contributed by atoms with Crippen LogP contribution >= 0.6 is 0 Å². The number of amides is 1. The summed E-state index contributed by atoms with van der Waals surface area (Å²) in [4.78, 5) is 13.3. The van der Waals surface area contributed by atoms with Gasteiger partial charge in [0.1, 0.15) is 5.82 Å². The number of carbonyl (C=O) groups is 1. The van der Waals surface area contributed by atoms with E-state index in [0.29, 0.717) is 17.7 Å². The molecular formula is C13H17FN2O3S. The van der Waals surface area contributed by atoms with Crippen molar-refractivity contribution in [3.63, 3.8) is 0 Å². The van der Waals surface area contributed by atoms with Crippen LogP contribution < -0.4 is 0 Å². The fourth-order valence-corrected chi connectivity index (χ4v) is 4.17. The van der Waals surface area contributed by atoms with E-state index in [2.05, 4.69) is 0 Å². The Morgan fingerprint density at radius 1 is 1.15 bits per heavy atom. The standard InChI is InChI=1S/C13H17FN2O3S/c1-9-6-11(14)7-10(2)13(9)20(18,19)16-5-4-15(3)12(17)8-16/h6-7H,4-5,8H2,1-3H3. The van der Waals surface area contributed by atoms with Crippen molar-refractivity contribution in [1.29, 1.82) is 0 Å². The maximum atomic E-state index is 13.3. The van der Waals surface area contributed by atoms with Crippen LogP contribution in [0.3, 0.4) is 0 Å². The van der Waals surface area contributed by atoms with Crippen LogP contribution in [0.1, 0.15) is 11.1 Å². The number of carbonyl (C=O) groups excluding carboxylic acids is 1. The van der Waals surface area contributed by atoms with Gasteiger partial charge in [-0.25, -0.2) is 12.8 Å². The molecule has 1 saturated heterocycles. The van der Waals surface area contributed by atoms with Crippen LogP contribution in [0.15, 0.2) is 17.0 Å². The zero-order valence-electron chi connectivity index (χ0n) is 11.7.